The van der Waals surface area contributed by atoms with Crippen molar-refractivity contribution in [1.82, 2.24) is 9.80 Å². The molecular formula is C22H40N2OS6. The molecule has 2 aliphatic heterocycles. The molecule has 0 N–H and O–H groups in total. The zero-order valence-corrected chi connectivity index (χ0v) is 23.8. The minimum absolute atomic E-state index is 0.892. The lowest BCUT2D eigenvalue weighted by molar-refractivity contribution is 0.129. The predicted octanol–water partition coefficient (Wildman–Crippen LogP) is 7.65. The third-order valence-corrected chi connectivity index (χ3v) is 11.8. The summed E-state index contributed by atoms with van der Waals surface area (Å²) in [5, 5.41) is 0. The van der Waals surface area contributed by atoms with E-state index in [1.165, 1.54) is 64.2 Å². The van der Waals surface area contributed by atoms with E-state index in [9.17, 15) is 0 Å². The van der Waals surface area contributed by atoms with Crippen molar-refractivity contribution in [2.45, 2.75) is 77.0 Å². The lowest BCUT2D eigenvalue weighted by atomic mass is 10.2. The van der Waals surface area contributed by atoms with Crippen LogP contribution < -0.4 is 0 Å². The molecule has 2 heterocycles. The molecule has 0 radical (unpaired) electrons. The third kappa shape index (κ3) is 14.2. The second-order valence-corrected chi connectivity index (χ2v) is 14.3. The molecule has 2 aliphatic rings. The molecule has 9 heteroatoms. The second-order valence-electron chi connectivity index (χ2n) is 8.17. The summed E-state index contributed by atoms with van der Waals surface area (Å²) in [6.07, 6.45) is 15.4. The Bertz CT molecular complexity index is 439. The Balaban J connectivity index is 1.31. The van der Waals surface area contributed by atoms with Crippen molar-refractivity contribution >= 4 is 76.3 Å². The van der Waals surface area contributed by atoms with Gasteiger partial charge in [0.05, 0.1) is 0 Å². The van der Waals surface area contributed by atoms with E-state index in [4.69, 9.17) is 29.2 Å². The normalized spacial score (nSPS) is 17.9. The maximum Gasteiger partial charge on any atom is 0.147 e. The number of unbranched alkanes of at least 4 members (excludes halogenated alkanes) is 2. The molecule has 0 atom stereocenters. The average molecular weight is 541 g/mol. The topological polar surface area (TPSA) is 15.7 Å². The largest absolute Gasteiger partial charge is 0.381 e. The molecule has 0 aliphatic carbocycles. The van der Waals surface area contributed by atoms with Gasteiger partial charge in [0.2, 0.25) is 0 Å². The maximum absolute atomic E-state index is 5.81. The Morgan fingerprint density at radius 2 is 0.968 bits per heavy atom. The van der Waals surface area contributed by atoms with E-state index in [0.717, 1.165) is 72.4 Å². The molecule has 31 heavy (non-hydrogen) atoms. The van der Waals surface area contributed by atoms with Crippen LogP contribution in [0.3, 0.4) is 0 Å². The lowest BCUT2D eigenvalue weighted by Crippen LogP contribution is -2.27. The zero-order valence-electron chi connectivity index (χ0n) is 18.9. The molecule has 0 unspecified atom stereocenters. The average Bonchev–Trinajstić information content (AvgIpc) is 3.22. The third-order valence-electron chi connectivity index (χ3n) is 5.52. The molecule has 180 valence electrons. The summed E-state index contributed by atoms with van der Waals surface area (Å²) >= 11 is 11.2. The summed E-state index contributed by atoms with van der Waals surface area (Å²) in [6.45, 7) is 6.40. The number of ether oxygens (including phenoxy) is 1. The number of nitrogens with zero attached hydrogens (tertiary/aromatic N) is 2. The highest BCUT2D eigenvalue weighted by molar-refractivity contribution is 8.84. The molecule has 2 rings (SSSR count). The van der Waals surface area contributed by atoms with Crippen molar-refractivity contribution in [3.05, 3.63) is 0 Å². The van der Waals surface area contributed by atoms with Gasteiger partial charge in [0.1, 0.15) is 8.64 Å². The van der Waals surface area contributed by atoms with Gasteiger partial charge in [-0.05, 0) is 73.0 Å². The van der Waals surface area contributed by atoms with Gasteiger partial charge in [0, 0.05) is 50.9 Å². The first-order valence-electron chi connectivity index (χ1n) is 12.0. The van der Waals surface area contributed by atoms with Crippen LogP contribution in [0.5, 0.6) is 0 Å². The van der Waals surface area contributed by atoms with Gasteiger partial charge in [0.15, 0.2) is 0 Å². The van der Waals surface area contributed by atoms with Gasteiger partial charge in [-0.15, -0.1) is 0 Å². The van der Waals surface area contributed by atoms with Crippen molar-refractivity contribution in [1.29, 1.82) is 0 Å². The monoisotopic (exact) mass is 540 g/mol. The SMILES string of the molecule is S=C(SSCCCCOCCCCSSC(=S)N1CCCCCC1)N1CCCCCC1. The fourth-order valence-corrected chi connectivity index (χ4v) is 8.89. The van der Waals surface area contributed by atoms with Crippen LogP contribution in [0.25, 0.3) is 0 Å². The first kappa shape index (κ1) is 28.4. The number of thiocarbonyl (C=S) groups is 2. The smallest absolute Gasteiger partial charge is 0.147 e. The predicted molar refractivity (Wildman–Crippen MR) is 155 cm³/mol. The standard InChI is InChI=1S/C22H40N2OS6/c26-21(23-13-5-1-2-6-14-23)30-28-19-11-9-17-25-18-10-12-20-29-31-22(27)24-15-7-3-4-8-16-24/h1-20H2. The van der Waals surface area contributed by atoms with Gasteiger partial charge in [-0.3, -0.25) is 0 Å². The van der Waals surface area contributed by atoms with Crippen molar-refractivity contribution in [2.75, 3.05) is 50.9 Å². The highest BCUT2D eigenvalue weighted by Gasteiger charge is 2.13. The van der Waals surface area contributed by atoms with Gasteiger partial charge in [0.25, 0.3) is 0 Å². The van der Waals surface area contributed by atoms with Crippen molar-refractivity contribution in [3.63, 3.8) is 0 Å². The van der Waals surface area contributed by atoms with Gasteiger partial charge in [-0.2, -0.15) is 0 Å². The quantitative estimate of drug-likeness (QED) is 0.140. The fourth-order valence-electron chi connectivity index (χ4n) is 3.63. The lowest BCUT2D eigenvalue weighted by Gasteiger charge is -2.21. The minimum atomic E-state index is 0.892. The van der Waals surface area contributed by atoms with Crippen LogP contribution in [-0.4, -0.2) is 69.3 Å². The van der Waals surface area contributed by atoms with E-state index < -0.39 is 0 Å². The van der Waals surface area contributed by atoms with Crippen molar-refractivity contribution in [3.8, 4) is 0 Å². The molecule has 0 aromatic rings. The molecular weight excluding hydrogens is 501 g/mol. The molecule has 2 saturated heterocycles. The van der Waals surface area contributed by atoms with Crippen LogP contribution in [0.4, 0.5) is 0 Å². The van der Waals surface area contributed by atoms with Crippen LogP contribution in [0.15, 0.2) is 0 Å². The number of likely N-dealkylation sites (tertiary alicyclic amines) is 2. The highest BCUT2D eigenvalue weighted by atomic mass is 33.1. The van der Waals surface area contributed by atoms with E-state index in [0.29, 0.717) is 0 Å². The Labute approximate surface area is 217 Å². The molecule has 0 aromatic heterocycles. The molecule has 0 bridgehead atoms. The van der Waals surface area contributed by atoms with Crippen LogP contribution >= 0.6 is 67.6 Å². The van der Waals surface area contributed by atoms with Crippen molar-refractivity contribution in [2.24, 2.45) is 0 Å². The first-order chi connectivity index (χ1) is 15.3. The molecule has 0 spiro atoms. The zero-order chi connectivity index (χ0) is 22.0. The maximum atomic E-state index is 5.81. The highest BCUT2D eigenvalue weighted by Crippen LogP contribution is 2.28. The van der Waals surface area contributed by atoms with E-state index in [-0.39, 0.29) is 0 Å². The molecule has 0 amide bonds. The van der Waals surface area contributed by atoms with Crippen LogP contribution in [0.2, 0.25) is 0 Å². The molecule has 0 aromatic carbocycles. The summed E-state index contributed by atoms with van der Waals surface area (Å²) in [6, 6.07) is 0. The Morgan fingerprint density at radius 1 is 0.581 bits per heavy atom. The van der Waals surface area contributed by atoms with Crippen LogP contribution in [-0.2, 0) is 4.74 Å². The van der Waals surface area contributed by atoms with Gasteiger partial charge in [-0.1, -0.05) is 71.7 Å². The summed E-state index contributed by atoms with van der Waals surface area (Å²) in [7, 11) is 7.42. The number of hydrogen-bond donors (Lipinski definition) is 0. The second kappa shape index (κ2) is 19.4. The Kier molecular flexibility index (Phi) is 17.8. The van der Waals surface area contributed by atoms with Gasteiger partial charge < -0.3 is 14.5 Å². The van der Waals surface area contributed by atoms with E-state index in [1.54, 1.807) is 21.6 Å². The summed E-state index contributed by atoms with van der Waals surface area (Å²) in [4.78, 5) is 4.81. The van der Waals surface area contributed by atoms with Gasteiger partial charge >= 0.3 is 0 Å². The van der Waals surface area contributed by atoms with Crippen molar-refractivity contribution < 1.29 is 4.74 Å². The Hall–Kier alpha value is 1.14. The van der Waals surface area contributed by atoms with Gasteiger partial charge in [-0.25, -0.2) is 0 Å². The van der Waals surface area contributed by atoms with E-state index >= 15 is 0 Å². The summed E-state index contributed by atoms with van der Waals surface area (Å²) in [5.74, 6) is 2.32. The minimum Gasteiger partial charge on any atom is -0.381 e. The molecule has 3 nitrogen and oxygen atoms in total. The molecule has 0 saturated carbocycles. The first-order valence-corrected chi connectivity index (χ1v) is 17.5. The number of rotatable bonds is 12. The number of hydrogen-bond acceptors (Lipinski definition) is 7. The van der Waals surface area contributed by atoms with E-state index in [2.05, 4.69) is 9.80 Å². The van der Waals surface area contributed by atoms with Crippen LogP contribution in [0, 0.1) is 0 Å². The Morgan fingerprint density at radius 3 is 1.35 bits per heavy atom. The van der Waals surface area contributed by atoms with E-state index in [1.807, 2.05) is 21.6 Å². The molecule has 2 fully saturated rings. The fraction of sp³-hybridized carbons (Fsp3) is 0.909. The van der Waals surface area contributed by atoms with Crippen LogP contribution in [0.1, 0.15) is 77.0 Å². The summed E-state index contributed by atoms with van der Waals surface area (Å²) in [5.41, 5.74) is 0. The summed E-state index contributed by atoms with van der Waals surface area (Å²) < 4.78 is 7.99.